The summed E-state index contributed by atoms with van der Waals surface area (Å²) in [4.78, 5) is 20.1. The molecule has 0 radical (unpaired) electrons. The first-order chi connectivity index (χ1) is 8.63. The van der Waals surface area contributed by atoms with Gasteiger partial charge in [-0.25, -0.2) is 14.2 Å². The van der Waals surface area contributed by atoms with Gasteiger partial charge in [0.15, 0.2) is 0 Å². The molecule has 2 heterocycles. The summed E-state index contributed by atoms with van der Waals surface area (Å²) >= 11 is 0. The molecular weight excluding hydrogens is 237 g/mol. The average molecular weight is 245 g/mol. The number of hydrogen-bond acceptors (Lipinski definition) is 2. The van der Waals surface area contributed by atoms with Crippen LogP contribution in [0.3, 0.4) is 0 Å². The lowest BCUT2D eigenvalue weighted by atomic mass is 10.2. The average Bonchev–Trinajstić information content (AvgIpc) is 2.93. The second-order valence-corrected chi connectivity index (χ2v) is 3.87. The first-order valence-electron chi connectivity index (χ1n) is 5.20. The van der Waals surface area contributed by atoms with Gasteiger partial charge in [-0.15, -0.1) is 0 Å². The SMILES string of the molecule is O=C(O)c1ncc(-c2cc3ccc(F)cc3[nH]2)[nH]1. The van der Waals surface area contributed by atoms with E-state index in [-0.39, 0.29) is 11.6 Å². The molecule has 18 heavy (non-hydrogen) atoms. The van der Waals surface area contributed by atoms with Crippen molar-refractivity contribution in [3.8, 4) is 11.4 Å². The molecule has 0 aliphatic carbocycles. The molecule has 90 valence electrons. The highest BCUT2D eigenvalue weighted by molar-refractivity contribution is 5.87. The Kier molecular flexibility index (Phi) is 2.16. The number of halogens is 1. The number of carbonyl (C=O) groups is 1. The third kappa shape index (κ3) is 1.64. The molecule has 3 rings (SSSR count). The molecule has 3 N–H and O–H groups in total. The van der Waals surface area contributed by atoms with Crippen LogP contribution in [0, 0.1) is 5.82 Å². The van der Waals surface area contributed by atoms with Gasteiger partial charge in [0, 0.05) is 10.9 Å². The highest BCUT2D eigenvalue weighted by atomic mass is 19.1. The van der Waals surface area contributed by atoms with E-state index in [1.807, 2.05) is 0 Å². The van der Waals surface area contributed by atoms with Crippen LogP contribution in [0.5, 0.6) is 0 Å². The number of H-pyrrole nitrogens is 2. The molecule has 0 saturated heterocycles. The molecule has 0 bridgehead atoms. The first kappa shape index (κ1) is 10.5. The summed E-state index contributed by atoms with van der Waals surface area (Å²) in [5, 5.41) is 9.61. The number of nitrogens with zero attached hydrogens (tertiary/aromatic N) is 1. The minimum absolute atomic E-state index is 0.130. The van der Waals surface area contributed by atoms with Crippen molar-refractivity contribution >= 4 is 16.9 Å². The van der Waals surface area contributed by atoms with Crippen molar-refractivity contribution in [3.05, 3.63) is 42.1 Å². The van der Waals surface area contributed by atoms with E-state index >= 15 is 0 Å². The van der Waals surface area contributed by atoms with Crippen LogP contribution < -0.4 is 0 Å². The summed E-state index contributed by atoms with van der Waals surface area (Å²) in [7, 11) is 0. The van der Waals surface area contributed by atoms with Crippen LogP contribution in [0.15, 0.2) is 30.5 Å². The maximum Gasteiger partial charge on any atom is 0.371 e. The fraction of sp³-hybridized carbons (Fsp3) is 0. The fourth-order valence-corrected chi connectivity index (χ4v) is 1.81. The number of carboxylic acid groups (broad SMARTS) is 1. The number of benzene rings is 1. The molecule has 0 saturated carbocycles. The van der Waals surface area contributed by atoms with Crippen molar-refractivity contribution in [2.24, 2.45) is 0 Å². The molecule has 0 unspecified atom stereocenters. The van der Waals surface area contributed by atoms with Gasteiger partial charge >= 0.3 is 5.97 Å². The molecule has 0 aliphatic heterocycles. The monoisotopic (exact) mass is 245 g/mol. The molecule has 2 aromatic heterocycles. The van der Waals surface area contributed by atoms with Gasteiger partial charge in [0.2, 0.25) is 5.82 Å². The number of rotatable bonds is 2. The Labute approximate surface area is 100 Å². The summed E-state index contributed by atoms with van der Waals surface area (Å²) in [5.74, 6) is -1.58. The van der Waals surface area contributed by atoms with Crippen molar-refractivity contribution < 1.29 is 14.3 Å². The van der Waals surface area contributed by atoms with Crippen LogP contribution in [0.2, 0.25) is 0 Å². The molecule has 0 atom stereocenters. The zero-order valence-corrected chi connectivity index (χ0v) is 9.07. The van der Waals surface area contributed by atoms with E-state index in [1.165, 1.54) is 18.3 Å². The van der Waals surface area contributed by atoms with Gasteiger partial charge in [-0.3, -0.25) is 0 Å². The molecule has 0 fully saturated rings. The van der Waals surface area contributed by atoms with Gasteiger partial charge in [-0.05, 0) is 24.3 Å². The molecule has 0 aliphatic rings. The van der Waals surface area contributed by atoms with Crippen LogP contribution in [0.1, 0.15) is 10.6 Å². The van der Waals surface area contributed by atoms with Gasteiger partial charge < -0.3 is 15.1 Å². The van der Waals surface area contributed by atoms with E-state index in [4.69, 9.17) is 5.11 Å². The van der Waals surface area contributed by atoms with E-state index in [0.717, 1.165) is 5.39 Å². The van der Waals surface area contributed by atoms with E-state index in [1.54, 1.807) is 12.1 Å². The van der Waals surface area contributed by atoms with Gasteiger partial charge in [0.25, 0.3) is 0 Å². The quantitative estimate of drug-likeness (QED) is 0.648. The van der Waals surface area contributed by atoms with Gasteiger partial charge in [-0.1, -0.05) is 0 Å². The highest BCUT2D eigenvalue weighted by Crippen LogP contribution is 2.23. The maximum atomic E-state index is 13.0. The van der Waals surface area contributed by atoms with Crippen LogP contribution in [0.4, 0.5) is 4.39 Å². The van der Waals surface area contributed by atoms with E-state index < -0.39 is 5.97 Å². The number of fused-ring (bicyclic) bond motifs is 1. The number of nitrogens with one attached hydrogen (secondary N) is 2. The third-order valence-electron chi connectivity index (χ3n) is 2.65. The lowest BCUT2D eigenvalue weighted by Crippen LogP contribution is -1.98. The fourth-order valence-electron chi connectivity index (χ4n) is 1.81. The Balaban J connectivity index is 2.10. The Morgan fingerprint density at radius 3 is 2.78 bits per heavy atom. The smallest absolute Gasteiger partial charge is 0.371 e. The van der Waals surface area contributed by atoms with Crippen molar-refractivity contribution in [1.29, 1.82) is 0 Å². The zero-order chi connectivity index (χ0) is 12.7. The number of aromatic nitrogens is 3. The van der Waals surface area contributed by atoms with Gasteiger partial charge in [-0.2, -0.15) is 0 Å². The Hall–Kier alpha value is -2.63. The minimum atomic E-state index is -1.12. The lowest BCUT2D eigenvalue weighted by molar-refractivity contribution is 0.0685. The van der Waals surface area contributed by atoms with Crippen molar-refractivity contribution in [3.63, 3.8) is 0 Å². The number of imidazole rings is 1. The molecule has 0 amide bonds. The normalized spacial score (nSPS) is 10.9. The number of aromatic carboxylic acids is 1. The Morgan fingerprint density at radius 2 is 2.06 bits per heavy atom. The van der Waals surface area contributed by atoms with E-state index in [0.29, 0.717) is 16.9 Å². The standard InChI is InChI=1S/C12H8FN3O2/c13-7-2-1-6-3-9(15-8(6)4-7)10-5-14-11(16-10)12(17)18/h1-5,15H,(H,14,16)(H,17,18). The van der Waals surface area contributed by atoms with Crippen molar-refractivity contribution in [2.45, 2.75) is 0 Å². The van der Waals surface area contributed by atoms with Crippen molar-refractivity contribution in [2.75, 3.05) is 0 Å². The second kappa shape index (κ2) is 3.69. The minimum Gasteiger partial charge on any atom is -0.475 e. The van der Waals surface area contributed by atoms with Crippen LogP contribution in [0.25, 0.3) is 22.3 Å². The predicted molar refractivity (Wildman–Crippen MR) is 62.8 cm³/mol. The molecule has 6 heteroatoms. The van der Waals surface area contributed by atoms with Crippen LogP contribution in [-0.4, -0.2) is 26.0 Å². The Morgan fingerprint density at radius 1 is 1.22 bits per heavy atom. The van der Waals surface area contributed by atoms with Gasteiger partial charge in [0.05, 0.1) is 17.6 Å². The van der Waals surface area contributed by atoms with Crippen LogP contribution in [-0.2, 0) is 0 Å². The number of aromatic amines is 2. The number of carboxylic acids is 1. The summed E-state index contributed by atoms with van der Waals surface area (Å²) in [6.07, 6.45) is 1.42. The molecule has 0 spiro atoms. The molecule has 3 aromatic rings. The molecule has 1 aromatic carbocycles. The predicted octanol–water partition coefficient (Wildman–Crippen LogP) is 2.40. The second-order valence-electron chi connectivity index (χ2n) is 3.87. The van der Waals surface area contributed by atoms with E-state index in [2.05, 4.69) is 15.0 Å². The highest BCUT2D eigenvalue weighted by Gasteiger charge is 2.11. The van der Waals surface area contributed by atoms with Crippen LogP contribution >= 0.6 is 0 Å². The summed E-state index contributed by atoms with van der Waals surface area (Å²) in [6, 6.07) is 6.20. The zero-order valence-electron chi connectivity index (χ0n) is 9.07. The molecule has 5 nitrogen and oxygen atoms in total. The number of hydrogen-bond donors (Lipinski definition) is 3. The van der Waals surface area contributed by atoms with E-state index in [9.17, 15) is 9.18 Å². The topological polar surface area (TPSA) is 81.8 Å². The molecular formula is C12H8FN3O2. The first-order valence-corrected chi connectivity index (χ1v) is 5.20. The maximum absolute atomic E-state index is 13.0. The summed E-state index contributed by atoms with van der Waals surface area (Å²) in [5.41, 5.74) is 1.86. The largest absolute Gasteiger partial charge is 0.475 e. The summed E-state index contributed by atoms with van der Waals surface area (Å²) < 4.78 is 13.0. The van der Waals surface area contributed by atoms with Gasteiger partial charge in [0.1, 0.15) is 5.82 Å². The third-order valence-corrected chi connectivity index (χ3v) is 2.65. The van der Waals surface area contributed by atoms with Crippen molar-refractivity contribution in [1.82, 2.24) is 15.0 Å². The Bertz CT molecular complexity index is 745. The lowest BCUT2D eigenvalue weighted by Gasteiger charge is -1.90. The summed E-state index contributed by atoms with van der Waals surface area (Å²) in [6.45, 7) is 0.